The van der Waals surface area contributed by atoms with Gasteiger partial charge in [0.05, 0.1) is 0 Å². The van der Waals surface area contributed by atoms with Crippen molar-refractivity contribution in [2.45, 2.75) is 19.3 Å². The second-order valence-electron chi connectivity index (χ2n) is 4.46. The summed E-state index contributed by atoms with van der Waals surface area (Å²) in [5, 5.41) is -0.606. The molecule has 0 aromatic carbocycles. The monoisotopic (exact) mass is 286 g/mol. The Morgan fingerprint density at radius 3 is 2.44 bits per heavy atom. The zero-order chi connectivity index (χ0) is 12.9. The quantitative estimate of drug-likeness (QED) is 0.773. The van der Waals surface area contributed by atoms with Gasteiger partial charge < -0.3 is 4.42 Å². The first-order valence-corrected chi connectivity index (χ1v) is 6.30. The highest BCUT2D eigenvalue weighted by molar-refractivity contribution is 6.33. The van der Waals surface area contributed by atoms with E-state index < -0.39 is 5.82 Å². The summed E-state index contributed by atoms with van der Waals surface area (Å²) < 4.78 is 18.9. The molecule has 0 saturated heterocycles. The highest BCUT2D eigenvalue weighted by atomic mass is 35.5. The van der Waals surface area contributed by atoms with E-state index in [-0.39, 0.29) is 16.1 Å². The standard InChI is InChI=1S/C12H9Cl2FN2O/c1-5-4-6(5)7-2-3-8(18-7)12-16-10(13)9(15)11(14)17-12/h2-3,5-6H,4H2,1H3. The van der Waals surface area contributed by atoms with E-state index in [4.69, 9.17) is 27.6 Å². The van der Waals surface area contributed by atoms with Gasteiger partial charge in [0, 0.05) is 5.92 Å². The predicted octanol–water partition coefficient (Wildman–Crippen LogP) is 4.31. The predicted molar refractivity (Wildman–Crippen MR) is 66.2 cm³/mol. The molecule has 1 aliphatic carbocycles. The third-order valence-corrected chi connectivity index (χ3v) is 3.59. The van der Waals surface area contributed by atoms with Crippen LogP contribution >= 0.6 is 23.2 Å². The van der Waals surface area contributed by atoms with E-state index in [1.165, 1.54) is 0 Å². The summed E-state index contributed by atoms with van der Waals surface area (Å²) in [5.74, 6) is 1.84. The number of nitrogens with zero attached hydrogens (tertiary/aromatic N) is 2. The van der Waals surface area contributed by atoms with Gasteiger partial charge >= 0.3 is 0 Å². The maximum absolute atomic E-state index is 13.2. The molecule has 94 valence electrons. The number of hydrogen-bond acceptors (Lipinski definition) is 3. The summed E-state index contributed by atoms with van der Waals surface area (Å²) in [5.41, 5.74) is 0. The molecule has 1 saturated carbocycles. The van der Waals surface area contributed by atoms with Crippen molar-refractivity contribution in [1.29, 1.82) is 0 Å². The number of furan rings is 1. The lowest BCUT2D eigenvalue weighted by Gasteiger charge is -2.00. The highest BCUT2D eigenvalue weighted by Gasteiger charge is 2.36. The van der Waals surface area contributed by atoms with E-state index >= 15 is 0 Å². The van der Waals surface area contributed by atoms with Gasteiger partial charge in [-0.2, -0.15) is 0 Å². The fraction of sp³-hybridized carbons (Fsp3) is 0.333. The van der Waals surface area contributed by atoms with Crippen LogP contribution < -0.4 is 0 Å². The lowest BCUT2D eigenvalue weighted by atomic mass is 10.3. The first-order chi connectivity index (χ1) is 8.56. The molecule has 1 aliphatic rings. The summed E-state index contributed by atoms with van der Waals surface area (Å²) in [4.78, 5) is 7.63. The minimum Gasteiger partial charge on any atom is -0.457 e. The van der Waals surface area contributed by atoms with Crippen molar-refractivity contribution in [2.24, 2.45) is 5.92 Å². The normalized spacial score (nSPS) is 22.2. The topological polar surface area (TPSA) is 38.9 Å². The molecule has 0 amide bonds. The molecule has 6 heteroatoms. The highest BCUT2D eigenvalue weighted by Crippen LogP contribution is 2.47. The summed E-state index contributed by atoms with van der Waals surface area (Å²) in [7, 11) is 0. The summed E-state index contributed by atoms with van der Waals surface area (Å²) in [6, 6.07) is 3.64. The third kappa shape index (κ3) is 1.99. The Kier molecular flexibility index (Phi) is 2.79. The van der Waals surface area contributed by atoms with Crippen LogP contribution in [-0.4, -0.2) is 9.97 Å². The molecule has 0 spiro atoms. The summed E-state index contributed by atoms with van der Waals surface area (Å²) in [6.45, 7) is 2.16. The lowest BCUT2D eigenvalue weighted by molar-refractivity contribution is 0.514. The molecule has 3 rings (SSSR count). The number of aromatic nitrogens is 2. The van der Waals surface area contributed by atoms with Crippen molar-refractivity contribution < 1.29 is 8.81 Å². The maximum atomic E-state index is 13.2. The van der Waals surface area contributed by atoms with Gasteiger partial charge in [-0.1, -0.05) is 30.1 Å². The van der Waals surface area contributed by atoms with Crippen LogP contribution in [0.5, 0.6) is 0 Å². The number of rotatable bonds is 2. The van der Waals surface area contributed by atoms with Crippen LogP contribution in [0.25, 0.3) is 11.6 Å². The Bertz CT molecular complexity index is 591. The summed E-state index contributed by atoms with van der Waals surface area (Å²) in [6.07, 6.45) is 1.12. The first kappa shape index (κ1) is 11.9. The molecule has 0 aliphatic heterocycles. The molecular weight excluding hydrogens is 278 g/mol. The lowest BCUT2D eigenvalue weighted by Crippen LogP contribution is -1.93. The Morgan fingerprint density at radius 1 is 1.28 bits per heavy atom. The minimum absolute atomic E-state index is 0.200. The van der Waals surface area contributed by atoms with Crippen LogP contribution in [0.4, 0.5) is 4.39 Å². The Balaban J connectivity index is 1.97. The number of halogens is 3. The zero-order valence-electron chi connectivity index (χ0n) is 9.45. The van der Waals surface area contributed by atoms with Gasteiger partial charge in [0.25, 0.3) is 0 Å². The molecule has 2 unspecified atom stereocenters. The van der Waals surface area contributed by atoms with Crippen molar-refractivity contribution >= 4 is 23.2 Å². The zero-order valence-corrected chi connectivity index (χ0v) is 11.0. The molecular formula is C12H9Cl2FN2O. The second-order valence-corrected chi connectivity index (χ2v) is 5.18. The van der Waals surface area contributed by atoms with Gasteiger partial charge in [0.15, 0.2) is 27.7 Å². The van der Waals surface area contributed by atoms with Crippen LogP contribution in [-0.2, 0) is 0 Å². The van der Waals surface area contributed by atoms with Crippen LogP contribution in [0.2, 0.25) is 10.3 Å². The Hall–Kier alpha value is -1.13. The minimum atomic E-state index is -0.815. The van der Waals surface area contributed by atoms with Gasteiger partial charge in [0.1, 0.15) is 5.76 Å². The molecule has 18 heavy (non-hydrogen) atoms. The van der Waals surface area contributed by atoms with Crippen LogP contribution in [0.15, 0.2) is 16.5 Å². The SMILES string of the molecule is CC1CC1c1ccc(-c2nc(Cl)c(F)c(Cl)n2)o1. The van der Waals surface area contributed by atoms with E-state index in [2.05, 4.69) is 16.9 Å². The Morgan fingerprint density at radius 2 is 1.89 bits per heavy atom. The summed E-state index contributed by atoms with van der Waals surface area (Å²) >= 11 is 11.2. The van der Waals surface area contributed by atoms with Gasteiger partial charge in [-0.25, -0.2) is 14.4 Å². The van der Waals surface area contributed by atoms with Crippen molar-refractivity contribution in [3.8, 4) is 11.6 Å². The van der Waals surface area contributed by atoms with E-state index in [1.54, 1.807) is 6.07 Å². The fourth-order valence-electron chi connectivity index (χ4n) is 1.90. The van der Waals surface area contributed by atoms with Gasteiger partial charge in [-0.15, -0.1) is 0 Å². The smallest absolute Gasteiger partial charge is 0.198 e. The Labute approximate surface area is 113 Å². The fourth-order valence-corrected chi connectivity index (χ4v) is 2.28. The molecule has 0 bridgehead atoms. The third-order valence-electron chi connectivity index (χ3n) is 3.09. The molecule has 1 fully saturated rings. The van der Waals surface area contributed by atoms with Crippen LogP contribution in [0.3, 0.4) is 0 Å². The average molecular weight is 287 g/mol. The molecule has 2 heterocycles. The maximum Gasteiger partial charge on any atom is 0.198 e. The van der Waals surface area contributed by atoms with E-state index in [0.717, 1.165) is 12.2 Å². The molecule has 0 radical (unpaired) electrons. The van der Waals surface area contributed by atoms with E-state index in [1.807, 2.05) is 6.07 Å². The second kappa shape index (κ2) is 4.21. The van der Waals surface area contributed by atoms with Gasteiger partial charge in [-0.3, -0.25) is 0 Å². The first-order valence-electron chi connectivity index (χ1n) is 5.55. The van der Waals surface area contributed by atoms with Crippen molar-refractivity contribution in [3.05, 3.63) is 34.0 Å². The largest absolute Gasteiger partial charge is 0.457 e. The van der Waals surface area contributed by atoms with Crippen molar-refractivity contribution in [2.75, 3.05) is 0 Å². The number of hydrogen-bond donors (Lipinski definition) is 0. The van der Waals surface area contributed by atoms with Gasteiger partial charge in [0.2, 0.25) is 0 Å². The molecule has 0 N–H and O–H groups in total. The molecule has 2 aromatic heterocycles. The average Bonchev–Trinajstić information content (AvgIpc) is 2.89. The van der Waals surface area contributed by atoms with Crippen LogP contribution in [0.1, 0.15) is 25.0 Å². The van der Waals surface area contributed by atoms with Crippen molar-refractivity contribution in [1.82, 2.24) is 9.97 Å². The van der Waals surface area contributed by atoms with Crippen molar-refractivity contribution in [3.63, 3.8) is 0 Å². The molecule has 2 aromatic rings. The molecule has 2 atom stereocenters. The van der Waals surface area contributed by atoms with E-state index in [9.17, 15) is 4.39 Å². The molecule has 3 nitrogen and oxygen atoms in total. The van der Waals surface area contributed by atoms with Crippen LogP contribution in [0, 0.1) is 11.7 Å². The van der Waals surface area contributed by atoms with E-state index in [0.29, 0.717) is 17.6 Å². The van der Waals surface area contributed by atoms with Gasteiger partial charge in [-0.05, 0) is 24.5 Å².